The Labute approximate surface area is 203 Å². The minimum atomic E-state index is -3.76. The minimum Gasteiger partial charge on any atom is -0.394 e. The van der Waals surface area contributed by atoms with Crippen molar-refractivity contribution in [3.05, 3.63) is 46.0 Å². The summed E-state index contributed by atoms with van der Waals surface area (Å²) in [5.74, 6) is -1.58. The summed E-state index contributed by atoms with van der Waals surface area (Å²) in [6.45, 7) is -0.170. The van der Waals surface area contributed by atoms with Gasteiger partial charge in [-0.05, 0) is 31.2 Å². The molecule has 2 amide bonds. The van der Waals surface area contributed by atoms with Crippen molar-refractivity contribution < 1.29 is 28.1 Å². The Morgan fingerprint density at radius 1 is 1.34 bits per heavy atom. The number of aliphatic hydroxyl groups is 1. The minimum absolute atomic E-state index is 0.147. The molecule has 0 saturated carbocycles. The first kappa shape index (κ1) is 27.9. The standard InChI is InChI=1S/C20H31N7O7S/c21-20(24-27(31)32)22-10-4-8-16(13-28)23-18(29)12-26-11-5-9-17(19(26)30)25-35(33,34)14-15-6-2-1-3-7-15/h1-3,6-7,16-17,25,28H,4-5,8-14H2,(H,23,29)(H3,21,22,24). The van der Waals surface area contributed by atoms with Crippen LogP contribution in [0.3, 0.4) is 0 Å². The summed E-state index contributed by atoms with van der Waals surface area (Å²) in [5, 5.41) is 21.6. The number of hydrogen-bond donors (Lipinski definition) is 5. The van der Waals surface area contributed by atoms with Crippen LogP contribution in [0.25, 0.3) is 0 Å². The fraction of sp³-hybridized carbons (Fsp3) is 0.550. The van der Waals surface area contributed by atoms with E-state index < -0.39 is 39.0 Å². The Kier molecular flexibility index (Phi) is 10.8. The molecule has 1 aromatic carbocycles. The smallest absolute Gasteiger partial charge is 0.251 e. The quantitative estimate of drug-likeness (QED) is 0.0678. The van der Waals surface area contributed by atoms with Gasteiger partial charge in [-0.15, -0.1) is 0 Å². The molecular weight excluding hydrogens is 482 g/mol. The highest BCUT2D eigenvalue weighted by Crippen LogP contribution is 2.14. The molecule has 0 radical (unpaired) electrons. The number of likely N-dealkylation sites (tertiary alicyclic amines) is 1. The van der Waals surface area contributed by atoms with Gasteiger partial charge in [-0.25, -0.2) is 28.2 Å². The molecule has 14 nitrogen and oxygen atoms in total. The highest BCUT2D eigenvalue weighted by atomic mass is 32.2. The summed E-state index contributed by atoms with van der Waals surface area (Å²) in [7, 11) is -3.76. The van der Waals surface area contributed by atoms with Crippen LogP contribution in [0.1, 0.15) is 31.2 Å². The molecule has 1 fully saturated rings. The van der Waals surface area contributed by atoms with E-state index in [1.807, 2.05) is 0 Å². The molecule has 0 aliphatic carbocycles. The monoisotopic (exact) mass is 513 g/mol. The average Bonchev–Trinajstić information content (AvgIpc) is 2.78. The summed E-state index contributed by atoms with van der Waals surface area (Å²) in [4.78, 5) is 40.5. The van der Waals surface area contributed by atoms with Crippen molar-refractivity contribution in [3.8, 4) is 0 Å². The zero-order valence-electron chi connectivity index (χ0n) is 19.1. The van der Waals surface area contributed by atoms with Crippen LogP contribution in [0.4, 0.5) is 0 Å². The van der Waals surface area contributed by atoms with E-state index in [1.165, 1.54) is 4.90 Å². The highest BCUT2D eigenvalue weighted by molar-refractivity contribution is 7.88. The number of sulfonamides is 1. The Morgan fingerprint density at radius 3 is 2.71 bits per heavy atom. The third kappa shape index (κ3) is 10.2. The number of nitrogens with two attached hydrogens (primary N) is 1. The number of rotatable bonds is 13. The van der Waals surface area contributed by atoms with Crippen molar-refractivity contribution >= 4 is 27.8 Å². The van der Waals surface area contributed by atoms with Gasteiger partial charge in [-0.3, -0.25) is 9.59 Å². The molecule has 6 N–H and O–H groups in total. The SMILES string of the molecule is NC(=NCCCC(CO)NC(=O)CN1CCCC(NS(=O)(=O)Cc2ccccc2)C1=O)N[N+](=O)[O-]. The number of nitro groups is 1. The van der Waals surface area contributed by atoms with E-state index >= 15 is 0 Å². The van der Waals surface area contributed by atoms with Gasteiger partial charge in [0.2, 0.25) is 21.8 Å². The molecule has 1 heterocycles. The van der Waals surface area contributed by atoms with Crippen LogP contribution in [-0.4, -0.2) is 79.6 Å². The molecule has 2 atom stereocenters. The van der Waals surface area contributed by atoms with E-state index in [0.29, 0.717) is 37.8 Å². The normalized spacial score (nSPS) is 17.6. The van der Waals surface area contributed by atoms with Crippen molar-refractivity contribution in [2.75, 3.05) is 26.2 Å². The average molecular weight is 514 g/mol. The van der Waals surface area contributed by atoms with E-state index in [4.69, 9.17) is 5.73 Å². The largest absolute Gasteiger partial charge is 0.394 e. The number of benzene rings is 1. The predicted molar refractivity (Wildman–Crippen MR) is 127 cm³/mol. The summed E-state index contributed by atoms with van der Waals surface area (Å²) >= 11 is 0. The van der Waals surface area contributed by atoms with Gasteiger partial charge in [0, 0.05) is 13.1 Å². The van der Waals surface area contributed by atoms with Crippen LogP contribution < -0.4 is 21.2 Å². The summed E-state index contributed by atoms with van der Waals surface area (Å²) in [6.07, 6.45) is 1.57. The second kappa shape index (κ2) is 13.6. The number of piperidine rings is 1. The van der Waals surface area contributed by atoms with E-state index in [0.717, 1.165) is 0 Å². The van der Waals surface area contributed by atoms with E-state index in [9.17, 15) is 33.2 Å². The second-order valence-corrected chi connectivity index (χ2v) is 9.80. The van der Waals surface area contributed by atoms with Crippen molar-refractivity contribution in [3.63, 3.8) is 0 Å². The van der Waals surface area contributed by atoms with Gasteiger partial charge in [0.05, 0.1) is 24.9 Å². The zero-order chi connectivity index (χ0) is 25.8. The number of nitrogens with zero attached hydrogens (tertiary/aromatic N) is 3. The second-order valence-electron chi connectivity index (χ2n) is 8.04. The first-order chi connectivity index (χ1) is 16.6. The van der Waals surface area contributed by atoms with Gasteiger partial charge >= 0.3 is 0 Å². The van der Waals surface area contributed by atoms with E-state index in [1.54, 1.807) is 35.8 Å². The summed E-state index contributed by atoms with van der Waals surface area (Å²) in [5.41, 5.74) is 7.61. The summed E-state index contributed by atoms with van der Waals surface area (Å²) in [6, 6.07) is 7.04. The molecule has 15 heteroatoms. The lowest BCUT2D eigenvalue weighted by molar-refractivity contribution is -0.525. The lowest BCUT2D eigenvalue weighted by Gasteiger charge is -2.32. The van der Waals surface area contributed by atoms with E-state index in [2.05, 4.69) is 15.0 Å². The fourth-order valence-electron chi connectivity index (χ4n) is 3.58. The number of aliphatic imine (C=N–C) groups is 1. The Hall–Kier alpha value is -3.30. The van der Waals surface area contributed by atoms with Crippen molar-refractivity contribution in [2.24, 2.45) is 10.7 Å². The molecule has 1 aliphatic heterocycles. The summed E-state index contributed by atoms with van der Waals surface area (Å²) < 4.78 is 27.5. The molecule has 0 bridgehead atoms. The number of guanidine groups is 1. The molecule has 1 aliphatic rings. The van der Waals surface area contributed by atoms with Crippen LogP contribution in [0.15, 0.2) is 35.3 Å². The first-order valence-corrected chi connectivity index (χ1v) is 12.7. The Balaban J connectivity index is 1.82. The third-order valence-electron chi connectivity index (χ3n) is 5.17. The molecule has 35 heavy (non-hydrogen) atoms. The number of amides is 2. The van der Waals surface area contributed by atoms with Crippen LogP contribution in [0.2, 0.25) is 0 Å². The maximum Gasteiger partial charge on any atom is 0.251 e. The number of aliphatic hydroxyl groups excluding tert-OH is 1. The number of carbonyl (C=O) groups is 2. The molecule has 1 aromatic rings. The maximum atomic E-state index is 12.8. The molecular formula is C20H31N7O7S. The van der Waals surface area contributed by atoms with Crippen LogP contribution >= 0.6 is 0 Å². The van der Waals surface area contributed by atoms with Crippen LogP contribution in [-0.2, 0) is 25.4 Å². The van der Waals surface area contributed by atoms with Crippen LogP contribution in [0.5, 0.6) is 0 Å². The van der Waals surface area contributed by atoms with Gasteiger partial charge in [0.1, 0.15) is 6.04 Å². The number of nitrogens with one attached hydrogen (secondary N) is 3. The van der Waals surface area contributed by atoms with Crippen molar-refractivity contribution in [2.45, 2.75) is 43.5 Å². The molecule has 2 unspecified atom stereocenters. The molecule has 2 rings (SSSR count). The van der Waals surface area contributed by atoms with Gasteiger partial charge < -0.3 is 21.1 Å². The molecule has 194 valence electrons. The third-order valence-corrected chi connectivity index (χ3v) is 6.53. The van der Waals surface area contributed by atoms with Gasteiger partial charge in [-0.2, -0.15) is 0 Å². The number of carbonyl (C=O) groups excluding carboxylic acids is 2. The topological polar surface area (TPSA) is 209 Å². The Morgan fingerprint density at radius 2 is 2.06 bits per heavy atom. The maximum absolute atomic E-state index is 12.8. The first-order valence-electron chi connectivity index (χ1n) is 11.0. The predicted octanol–water partition coefficient (Wildman–Crippen LogP) is -1.55. The van der Waals surface area contributed by atoms with Crippen LogP contribution in [0, 0.1) is 10.1 Å². The lowest BCUT2D eigenvalue weighted by atomic mass is 10.1. The molecule has 0 spiro atoms. The lowest BCUT2D eigenvalue weighted by Crippen LogP contribution is -2.55. The number of hydrogen-bond acceptors (Lipinski definition) is 8. The number of hydrazine groups is 1. The zero-order valence-corrected chi connectivity index (χ0v) is 19.9. The Bertz CT molecular complexity index is 1000. The molecule has 0 aromatic heterocycles. The van der Waals surface area contributed by atoms with E-state index in [-0.39, 0.29) is 31.4 Å². The van der Waals surface area contributed by atoms with Crippen molar-refractivity contribution in [1.82, 2.24) is 20.4 Å². The fourth-order valence-corrected chi connectivity index (χ4v) is 4.95. The highest BCUT2D eigenvalue weighted by Gasteiger charge is 2.33. The van der Waals surface area contributed by atoms with Gasteiger partial charge in [0.25, 0.3) is 5.96 Å². The van der Waals surface area contributed by atoms with Crippen molar-refractivity contribution in [1.29, 1.82) is 0 Å². The van der Waals surface area contributed by atoms with Gasteiger partial charge in [-0.1, -0.05) is 35.8 Å². The van der Waals surface area contributed by atoms with Gasteiger partial charge in [0.15, 0.2) is 5.03 Å². The molecule has 1 saturated heterocycles.